The number of esters is 24. The molecular formula is C110H92O36. The Hall–Kier alpha value is -15.5. The summed E-state index contributed by atoms with van der Waals surface area (Å²) >= 11 is 0. The first-order valence-corrected chi connectivity index (χ1v) is 48.9. The molecule has 12 saturated heterocycles. The fourth-order valence-electron chi connectivity index (χ4n) is 26.7. The number of cyclic esters (lactones) is 24. The van der Waals surface area contributed by atoms with Gasteiger partial charge in [-0.3, -0.25) is 115 Å². The molecule has 24 atom stereocenters. The minimum absolute atomic E-state index is 0.00382. The lowest BCUT2D eigenvalue weighted by Crippen LogP contribution is -2.47. The number of carbonyl (C=O) groups is 24. The van der Waals surface area contributed by atoms with Crippen LogP contribution in [0.4, 0.5) is 0 Å². The summed E-state index contributed by atoms with van der Waals surface area (Å²) in [6.07, 6.45) is 6.00. The van der Waals surface area contributed by atoms with Gasteiger partial charge in [0.15, 0.2) is 0 Å². The van der Waals surface area contributed by atoms with Gasteiger partial charge in [-0.15, -0.1) is 0 Å². The van der Waals surface area contributed by atoms with Gasteiger partial charge in [0.05, 0.1) is 145 Å². The van der Waals surface area contributed by atoms with Gasteiger partial charge in [-0.25, -0.2) is 0 Å². The minimum atomic E-state index is -0.753. The molecule has 0 aromatic heterocycles. The minimum Gasteiger partial charge on any atom is -0.393 e. The average Bonchev–Trinajstić information content (AvgIpc) is 1.35. The van der Waals surface area contributed by atoms with E-state index in [9.17, 15) is 115 Å². The molecule has 36 heteroatoms. The van der Waals surface area contributed by atoms with Gasteiger partial charge in [0, 0.05) is 10.8 Å². The normalized spacial score (nSPS) is 32.7. The van der Waals surface area contributed by atoms with E-state index < -0.39 is 261 Å². The van der Waals surface area contributed by atoms with Crippen molar-refractivity contribution in [3.8, 4) is 0 Å². The second-order valence-corrected chi connectivity index (χ2v) is 41.2. The Morgan fingerprint density at radius 2 is 0.589 bits per heavy atom. The largest absolute Gasteiger partial charge is 0.393 e. The maximum atomic E-state index is 12.4. The maximum absolute atomic E-state index is 12.4. The molecular weight excluding hydrogens is 1900 g/mol. The van der Waals surface area contributed by atoms with Crippen LogP contribution in [0.3, 0.4) is 0 Å². The molecule has 7 aromatic carbocycles. The Bertz CT molecular complexity index is 7140. The lowest BCUT2D eigenvalue weighted by molar-refractivity contribution is -0.156. The Balaban J connectivity index is 0.000000103. The molecule has 0 saturated carbocycles. The predicted molar refractivity (Wildman–Crippen MR) is 484 cm³/mol. The van der Waals surface area contributed by atoms with Crippen LogP contribution in [-0.2, 0) is 202 Å². The van der Waals surface area contributed by atoms with Crippen LogP contribution in [0.1, 0.15) is 264 Å². The number of carbonyl (C=O) groups excluding carboxylic acids is 24. The average molecular weight is 1990 g/mol. The highest BCUT2D eigenvalue weighted by Crippen LogP contribution is 2.63. The van der Waals surface area contributed by atoms with E-state index in [1.54, 1.807) is 0 Å². The fraction of sp³-hybridized carbons (Fsp3) is 0.418. The van der Waals surface area contributed by atoms with Crippen molar-refractivity contribution in [2.45, 2.75) is 214 Å². The van der Waals surface area contributed by atoms with Gasteiger partial charge in [-0.2, -0.15) is 0 Å². The molecule has 748 valence electrons. The van der Waals surface area contributed by atoms with Crippen molar-refractivity contribution in [3.63, 3.8) is 0 Å². The maximum Gasteiger partial charge on any atom is 0.321 e. The Morgan fingerprint density at radius 3 is 1.01 bits per heavy atom. The molecule has 0 N–H and O–H groups in total. The summed E-state index contributed by atoms with van der Waals surface area (Å²) in [5.41, 5.74) is 13.3. The molecule has 24 unspecified atom stereocenters. The number of hydrogen-bond donors (Lipinski definition) is 0. The van der Waals surface area contributed by atoms with E-state index in [1.807, 2.05) is 162 Å². The van der Waals surface area contributed by atoms with Crippen molar-refractivity contribution < 1.29 is 172 Å². The topological polar surface area (TPSA) is 520 Å². The van der Waals surface area contributed by atoms with E-state index in [1.165, 1.54) is 0 Å². The molecule has 146 heavy (non-hydrogen) atoms. The van der Waals surface area contributed by atoms with Crippen molar-refractivity contribution in [2.24, 2.45) is 71.0 Å². The third-order valence-corrected chi connectivity index (χ3v) is 33.4. The molecule has 12 heterocycles. The highest BCUT2D eigenvalue weighted by atomic mass is 16.6. The highest BCUT2D eigenvalue weighted by molar-refractivity contribution is 6.08. The summed E-state index contributed by atoms with van der Waals surface area (Å²) in [7, 11) is 0. The van der Waals surface area contributed by atoms with E-state index >= 15 is 0 Å². The lowest BCUT2D eigenvalue weighted by atomic mass is 9.53. The summed E-state index contributed by atoms with van der Waals surface area (Å²) < 4.78 is 57.4. The Morgan fingerprint density at radius 1 is 0.260 bits per heavy atom. The first kappa shape index (κ1) is 96.6. The third kappa shape index (κ3) is 16.2. The first-order chi connectivity index (χ1) is 69.8. The highest BCUT2D eigenvalue weighted by Gasteiger charge is 2.65. The number of ether oxygens (including phenoxy) is 12. The van der Waals surface area contributed by atoms with Crippen LogP contribution in [0.2, 0.25) is 0 Å². The number of benzene rings is 7. The monoisotopic (exact) mass is 1990 g/mol. The summed E-state index contributed by atoms with van der Waals surface area (Å²) in [4.78, 5) is 288. The van der Waals surface area contributed by atoms with Gasteiger partial charge in [0.1, 0.15) is 0 Å². The first-order valence-electron chi connectivity index (χ1n) is 48.9. The van der Waals surface area contributed by atoms with Crippen LogP contribution >= 0.6 is 0 Å². The third-order valence-electron chi connectivity index (χ3n) is 33.4. The predicted octanol–water partition coefficient (Wildman–Crippen LogP) is 9.84. The SMILES string of the molecule is CCc1ccc2c(c1)C(C1CC(=O)OC1=O)CC1C(=O)OC(=O)C21.CCc1ccc2c(c1)C1C(=O)OC(=O)C1CC2C1CC(=O)OC1=O.Cc1ccc2c(c1)C1C(=O)OC(=O)C1CC2(C)C1CC(=O)OC1=O.Cc1ccc2c(c1)C1C(=O)OC(=O)C1CC2C1CC(=O)OC1=O.O=C1CC(C23CCCc4cccc(c42)C2C(=O)OC(=O)C2C3)C(=O)O1.O=C1CC(C2CC3C(=O)OC(=O)C3c3cc4ccccc4cc32)C(=O)O1. The molecule has 7 aromatic rings. The summed E-state index contributed by atoms with van der Waals surface area (Å²) in [6.45, 7) is 9.68. The van der Waals surface area contributed by atoms with Crippen LogP contribution in [0.5, 0.6) is 0 Å². The van der Waals surface area contributed by atoms with Crippen LogP contribution in [-0.4, -0.2) is 143 Å². The zero-order chi connectivity index (χ0) is 103. The summed E-state index contributed by atoms with van der Waals surface area (Å²) in [5.74, 6) is -25.2. The van der Waals surface area contributed by atoms with Gasteiger partial charge in [0.25, 0.3) is 0 Å². The molecule has 0 bridgehead atoms. The zero-order valence-electron chi connectivity index (χ0n) is 79.0. The molecule has 12 fully saturated rings. The quantitative estimate of drug-likeness (QED) is 0.0775. The Labute approximate surface area is 828 Å². The van der Waals surface area contributed by atoms with Gasteiger partial charge in [0.2, 0.25) is 0 Å². The Kier molecular flexibility index (Phi) is 24.3. The van der Waals surface area contributed by atoms with E-state index in [0.29, 0.717) is 44.1 Å². The van der Waals surface area contributed by atoms with Gasteiger partial charge >= 0.3 is 143 Å². The number of aryl methyl sites for hydroxylation is 5. The molecule has 0 spiro atoms. The van der Waals surface area contributed by atoms with E-state index in [2.05, 4.69) is 9.47 Å². The van der Waals surface area contributed by atoms with Crippen molar-refractivity contribution in [1.29, 1.82) is 0 Å². The van der Waals surface area contributed by atoms with Crippen molar-refractivity contribution >= 4 is 154 Å². The van der Waals surface area contributed by atoms with Crippen LogP contribution < -0.4 is 0 Å². The summed E-state index contributed by atoms with van der Waals surface area (Å²) in [5, 5.41) is 1.92. The number of hydrogen-bond acceptors (Lipinski definition) is 36. The van der Waals surface area contributed by atoms with Crippen LogP contribution in [0.25, 0.3) is 10.8 Å². The van der Waals surface area contributed by atoms with E-state index in [0.717, 1.165) is 125 Å². The van der Waals surface area contributed by atoms with E-state index in [4.69, 9.17) is 47.4 Å². The number of rotatable bonds is 8. The molecule has 0 amide bonds. The zero-order valence-corrected chi connectivity index (χ0v) is 79.0. The van der Waals surface area contributed by atoms with Crippen molar-refractivity contribution in [2.75, 3.05) is 0 Å². The number of fused-ring (bicyclic) bond motifs is 18. The van der Waals surface area contributed by atoms with Crippen LogP contribution in [0.15, 0.2) is 127 Å². The molecule has 7 aliphatic carbocycles. The van der Waals surface area contributed by atoms with Gasteiger partial charge in [-0.05, 0) is 208 Å². The lowest BCUT2D eigenvalue weighted by Gasteiger charge is -2.48. The second kappa shape index (κ2) is 36.7. The van der Waals surface area contributed by atoms with Gasteiger partial charge < -0.3 is 56.8 Å². The second-order valence-electron chi connectivity index (χ2n) is 41.2. The smallest absolute Gasteiger partial charge is 0.321 e. The summed E-state index contributed by atoms with van der Waals surface area (Å²) in [6, 6.07) is 40.1. The fourth-order valence-corrected chi connectivity index (χ4v) is 26.7. The molecule has 12 aliphatic heterocycles. The van der Waals surface area contributed by atoms with Crippen LogP contribution in [0, 0.1) is 84.9 Å². The van der Waals surface area contributed by atoms with Crippen molar-refractivity contribution in [3.05, 3.63) is 222 Å². The van der Waals surface area contributed by atoms with Gasteiger partial charge in [-0.1, -0.05) is 153 Å². The molecule has 36 nitrogen and oxygen atoms in total. The van der Waals surface area contributed by atoms with Crippen molar-refractivity contribution in [1.82, 2.24) is 0 Å². The molecule has 26 rings (SSSR count). The molecule has 0 radical (unpaired) electrons. The molecule has 19 aliphatic rings. The van der Waals surface area contributed by atoms with E-state index in [-0.39, 0.29) is 68.6 Å². The standard InChI is InChI=1S/C20H14O6.C19H16O6.3C18H16O6.C17H14O6/c21-16-8-14(18(22)25-16)12-7-15-17(20(24)26-19(15)23)13-6-10-4-2-1-3-9(10)5-11(12)13;20-13-7-12(17(22)24-13)19-6-2-4-9-3-1-5-10(15(9)19)14-11(8-19)16(21)25-18(14)23;1-8-3-4-11-9(5-8)14-10(15(20)24-17(14)22)7-18(11,2)12-6-13(19)23-16(12)21;1-2-8-3-4-9-10(12-7-14(19)23-16(12)20)6-13-15(11(9)5-8)18(22)24-17(13)21;1-2-8-3-4-9-10(5-8)11(12-7-14(19)23-16(12)20)6-13-15(9)18(22)24-17(13)21;1-7-2-3-8-9(11-6-13(18)22-15(11)19)5-12-14(10(8)4-7)17(21)23-16(12)20/h1-6,12,14-15,17H,7-8H2;1,3,5,11-12,14H,2,4,6-8H2;3-5,10,12,14H,6-7H2,1-2H3;3-5,10,12-13,15H,2,6-7H2,1H3;3-5,11-13,15H,2,6-7H2,1H3;2-4,9,11-12,14H,5-6H2,1H3.